The molecule has 0 aliphatic heterocycles. The molecule has 1 rings (SSSR count). The molecule has 1 aromatic rings. The fourth-order valence-corrected chi connectivity index (χ4v) is 2.52. The van der Waals surface area contributed by atoms with Crippen LogP contribution in [0.2, 0.25) is 0 Å². The van der Waals surface area contributed by atoms with E-state index in [4.69, 9.17) is 4.42 Å². The number of sulfonamides is 1. The van der Waals surface area contributed by atoms with Crippen LogP contribution in [0.3, 0.4) is 0 Å². The predicted octanol–water partition coefficient (Wildman–Crippen LogP) is 1.92. The Morgan fingerprint density at radius 2 is 1.93 bits per heavy atom. The average Bonchev–Trinajstić information content (AvgIpc) is 2.47. The molecule has 0 aliphatic carbocycles. The summed E-state index contributed by atoms with van der Waals surface area (Å²) in [6.07, 6.45) is 0.686. The molecule has 1 N–H and O–H groups in total. The van der Waals surface area contributed by atoms with Gasteiger partial charge in [-0.3, -0.25) is 0 Å². The van der Waals surface area contributed by atoms with Crippen LogP contribution >= 0.6 is 0 Å². The summed E-state index contributed by atoms with van der Waals surface area (Å²) >= 11 is 0. The van der Waals surface area contributed by atoms with Gasteiger partial charge >= 0.3 is 0 Å². The van der Waals surface area contributed by atoms with E-state index >= 15 is 0 Å². The highest BCUT2D eigenvalue weighted by molar-refractivity contribution is 7.89. The van der Waals surface area contributed by atoms with Gasteiger partial charge in [0.05, 0.1) is 0 Å². The summed E-state index contributed by atoms with van der Waals surface area (Å²) in [5.74, 6) is 0.671. The first-order valence-corrected chi connectivity index (χ1v) is 6.35. The molecule has 0 spiro atoms. The quantitative estimate of drug-likeness (QED) is 0.864. The van der Waals surface area contributed by atoms with E-state index in [-0.39, 0.29) is 5.09 Å². The molecule has 5 heteroatoms. The molecule has 0 aromatic carbocycles. The molecule has 4 nitrogen and oxygen atoms in total. The zero-order valence-electron chi connectivity index (χ0n) is 9.49. The van der Waals surface area contributed by atoms with E-state index in [0.29, 0.717) is 12.2 Å². The minimum absolute atomic E-state index is 0.0192. The van der Waals surface area contributed by atoms with Crippen molar-refractivity contribution in [2.24, 2.45) is 0 Å². The minimum atomic E-state index is -3.52. The van der Waals surface area contributed by atoms with Gasteiger partial charge in [0.2, 0.25) is 5.09 Å². The zero-order valence-corrected chi connectivity index (χ0v) is 10.3. The van der Waals surface area contributed by atoms with Crippen molar-refractivity contribution in [2.45, 2.75) is 44.7 Å². The lowest BCUT2D eigenvalue weighted by atomic mass is 10.1. The maximum atomic E-state index is 11.8. The zero-order chi connectivity index (χ0) is 11.7. The van der Waals surface area contributed by atoms with Crippen molar-refractivity contribution in [3.8, 4) is 0 Å². The molecule has 1 aromatic heterocycles. The number of aryl methyl sites for hydroxylation is 1. The van der Waals surface area contributed by atoms with E-state index in [9.17, 15) is 8.42 Å². The second-order valence-corrected chi connectivity index (χ2v) is 6.04. The van der Waals surface area contributed by atoms with Crippen LogP contribution in [0, 0.1) is 0 Å². The van der Waals surface area contributed by atoms with Crippen molar-refractivity contribution in [1.82, 2.24) is 4.72 Å². The van der Waals surface area contributed by atoms with Gasteiger partial charge in [-0.15, -0.1) is 0 Å². The third-order valence-electron chi connectivity index (χ3n) is 1.69. The first-order chi connectivity index (χ1) is 6.74. The van der Waals surface area contributed by atoms with Gasteiger partial charge in [0.1, 0.15) is 5.76 Å². The first kappa shape index (κ1) is 12.3. The first-order valence-electron chi connectivity index (χ1n) is 4.87. The number of furan rings is 1. The number of hydrogen-bond acceptors (Lipinski definition) is 3. The van der Waals surface area contributed by atoms with Gasteiger partial charge in [-0.05, 0) is 32.9 Å². The van der Waals surface area contributed by atoms with Gasteiger partial charge in [0.25, 0.3) is 10.0 Å². The fourth-order valence-electron chi connectivity index (χ4n) is 1.15. The molecule has 0 aliphatic rings. The lowest BCUT2D eigenvalue weighted by molar-refractivity contribution is 0.405. The summed E-state index contributed by atoms with van der Waals surface area (Å²) in [6, 6.07) is 3.16. The molecule has 86 valence electrons. The van der Waals surface area contributed by atoms with Crippen LogP contribution in [0.4, 0.5) is 0 Å². The smallest absolute Gasteiger partial charge is 0.274 e. The van der Waals surface area contributed by atoms with Crippen molar-refractivity contribution in [1.29, 1.82) is 0 Å². The molecule has 0 saturated heterocycles. The van der Waals surface area contributed by atoms with Crippen LogP contribution in [-0.4, -0.2) is 14.0 Å². The molecule has 15 heavy (non-hydrogen) atoms. The van der Waals surface area contributed by atoms with Crippen LogP contribution in [-0.2, 0) is 16.4 Å². The van der Waals surface area contributed by atoms with Gasteiger partial charge in [0.15, 0.2) is 0 Å². The molecule has 0 atom stereocenters. The van der Waals surface area contributed by atoms with Gasteiger partial charge in [-0.2, -0.15) is 0 Å². The van der Waals surface area contributed by atoms with Crippen molar-refractivity contribution >= 4 is 10.0 Å². The van der Waals surface area contributed by atoms with Crippen molar-refractivity contribution in [3.63, 3.8) is 0 Å². The van der Waals surface area contributed by atoms with E-state index in [2.05, 4.69) is 4.72 Å². The average molecular weight is 231 g/mol. The Kier molecular flexibility index (Phi) is 3.25. The van der Waals surface area contributed by atoms with E-state index < -0.39 is 15.6 Å². The van der Waals surface area contributed by atoms with Crippen LogP contribution in [0.5, 0.6) is 0 Å². The third kappa shape index (κ3) is 3.35. The number of nitrogens with one attached hydrogen (secondary N) is 1. The van der Waals surface area contributed by atoms with Crippen LogP contribution in [0.1, 0.15) is 33.5 Å². The van der Waals surface area contributed by atoms with Gasteiger partial charge in [-0.1, -0.05) is 6.92 Å². The predicted molar refractivity (Wildman–Crippen MR) is 58.2 cm³/mol. The summed E-state index contributed by atoms with van der Waals surface area (Å²) in [5, 5.41) is -0.0192. The molecule has 0 amide bonds. The Morgan fingerprint density at radius 3 is 2.33 bits per heavy atom. The summed E-state index contributed by atoms with van der Waals surface area (Å²) in [6.45, 7) is 7.27. The molecule has 0 fully saturated rings. The number of hydrogen-bond donors (Lipinski definition) is 1. The second-order valence-electron chi connectivity index (χ2n) is 4.43. The Hall–Kier alpha value is -0.810. The van der Waals surface area contributed by atoms with Crippen molar-refractivity contribution in [3.05, 3.63) is 17.9 Å². The topological polar surface area (TPSA) is 59.3 Å². The molecule has 0 unspecified atom stereocenters. The summed E-state index contributed by atoms with van der Waals surface area (Å²) in [4.78, 5) is 0. The molecule has 0 saturated carbocycles. The Bertz CT molecular complexity index is 426. The number of rotatable bonds is 3. The molecular weight excluding hydrogens is 214 g/mol. The standard InChI is InChI=1S/C10H17NO3S/c1-5-8-6-7-9(14-8)15(12,13)11-10(2,3)4/h6-7,11H,5H2,1-4H3. The largest absolute Gasteiger partial charge is 0.448 e. The minimum Gasteiger partial charge on any atom is -0.448 e. The molecular formula is C10H17NO3S. The van der Waals surface area contributed by atoms with Gasteiger partial charge < -0.3 is 4.42 Å². The van der Waals surface area contributed by atoms with Crippen molar-refractivity contribution < 1.29 is 12.8 Å². The summed E-state index contributed by atoms with van der Waals surface area (Å²) in [5.41, 5.74) is -0.502. The Morgan fingerprint density at radius 1 is 1.33 bits per heavy atom. The van der Waals surface area contributed by atoms with Gasteiger partial charge in [-0.25, -0.2) is 13.1 Å². The highest BCUT2D eigenvalue weighted by atomic mass is 32.2. The van der Waals surface area contributed by atoms with E-state index in [1.807, 2.05) is 6.92 Å². The maximum absolute atomic E-state index is 11.8. The van der Waals surface area contributed by atoms with E-state index in [1.165, 1.54) is 6.07 Å². The monoisotopic (exact) mass is 231 g/mol. The summed E-state index contributed by atoms with van der Waals surface area (Å²) in [7, 11) is -3.52. The highest BCUT2D eigenvalue weighted by Crippen LogP contribution is 2.16. The van der Waals surface area contributed by atoms with Crippen LogP contribution in [0.25, 0.3) is 0 Å². The van der Waals surface area contributed by atoms with E-state index in [1.54, 1.807) is 26.8 Å². The van der Waals surface area contributed by atoms with Gasteiger partial charge in [0, 0.05) is 12.0 Å². The fraction of sp³-hybridized carbons (Fsp3) is 0.600. The lowest BCUT2D eigenvalue weighted by Gasteiger charge is -2.18. The van der Waals surface area contributed by atoms with Crippen molar-refractivity contribution in [2.75, 3.05) is 0 Å². The summed E-state index contributed by atoms with van der Waals surface area (Å²) < 4.78 is 31.3. The second kappa shape index (κ2) is 3.98. The molecule has 0 radical (unpaired) electrons. The maximum Gasteiger partial charge on any atom is 0.274 e. The SMILES string of the molecule is CCc1ccc(S(=O)(=O)NC(C)(C)C)o1. The third-order valence-corrected chi connectivity index (χ3v) is 3.32. The lowest BCUT2D eigenvalue weighted by Crippen LogP contribution is -2.40. The van der Waals surface area contributed by atoms with Crippen LogP contribution < -0.4 is 4.72 Å². The Labute approximate surface area is 90.7 Å². The molecule has 0 bridgehead atoms. The highest BCUT2D eigenvalue weighted by Gasteiger charge is 2.24. The normalized spacial score (nSPS) is 13.1. The Balaban J connectivity index is 2.96. The van der Waals surface area contributed by atoms with E-state index in [0.717, 1.165) is 0 Å². The van der Waals surface area contributed by atoms with Crippen LogP contribution in [0.15, 0.2) is 21.6 Å². The molecule has 1 heterocycles.